The van der Waals surface area contributed by atoms with Crippen LogP contribution in [0.1, 0.15) is 27.8 Å². The monoisotopic (exact) mass is 415 g/mol. The lowest BCUT2D eigenvalue weighted by atomic mass is 10.1. The van der Waals surface area contributed by atoms with Gasteiger partial charge in [-0.1, -0.05) is 35.9 Å². The first-order valence-electron chi connectivity index (χ1n) is 9.90. The van der Waals surface area contributed by atoms with Crippen molar-refractivity contribution in [2.45, 2.75) is 27.4 Å². The van der Waals surface area contributed by atoms with E-state index in [1.165, 1.54) is 11.8 Å². The summed E-state index contributed by atoms with van der Waals surface area (Å²) < 4.78 is 5.77. The molecule has 0 aliphatic heterocycles. The quantitative estimate of drug-likeness (QED) is 0.358. The lowest BCUT2D eigenvalue weighted by Crippen LogP contribution is -2.32. The minimum Gasteiger partial charge on any atom is -0.489 e. The molecule has 0 heterocycles. The van der Waals surface area contributed by atoms with E-state index in [1.807, 2.05) is 63.2 Å². The van der Waals surface area contributed by atoms with E-state index in [0.29, 0.717) is 12.3 Å². The van der Waals surface area contributed by atoms with Crippen molar-refractivity contribution in [3.8, 4) is 5.75 Å². The summed E-state index contributed by atoms with van der Waals surface area (Å²) in [5.41, 5.74) is 7.87. The van der Waals surface area contributed by atoms with E-state index < -0.39 is 11.8 Å². The average Bonchev–Trinajstić information content (AvgIpc) is 2.73. The molecule has 6 heteroatoms. The predicted octanol–water partition coefficient (Wildman–Crippen LogP) is 4.28. The van der Waals surface area contributed by atoms with E-state index >= 15 is 0 Å². The second-order valence-electron chi connectivity index (χ2n) is 7.37. The molecule has 6 nitrogen and oxygen atoms in total. The van der Waals surface area contributed by atoms with Gasteiger partial charge < -0.3 is 10.1 Å². The van der Waals surface area contributed by atoms with Gasteiger partial charge in [0.25, 0.3) is 0 Å². The molecule has 0 saturated heterocycles. The normalized spacial score (nSPS) is 10.7. The summed E-state index contributed by atoms with van der Waals surface area (Å²) in [7, 11) is 0. The number of nitrogens with one attached hydrogen (secondary N) is 2. The van der Waals surface area contributed by atoms with Gasteiger partial charge in [0.1, 0.15) is 12.4 Å². The molecule has 0 saturated carbocycles. The smallest absolute Gasteiger partial charge is 0.329 e. The fourth-order valence-corrected chi connectivity index (χ4v) is 2.95. The van der Waals surface area contributed by atoms with Crippen molar-refractivity contribution in [2.75, 3.05) is 5.32 Å². The lowest BCUT2D eigenvalue weighted by molar-refractivity contribution is -0.136. The Morgan fingerprint density at radius 2 is 1.48 bits per heavy atom. The van der Waals surface area contributed by atoms with Crippen molar-refractivity contribution in [2.24, 2.45) is 5.10 Å². The highest BCUT2D eigenvalue weighted by molar-refractivity contribution is 6.39. The van der Waals surface area contributed by atoms with Crippen LogP contribution in [0.5, 0.6) is 5.75 Å². The number of amides is 2. The van der Waals surface area contributed by atoms with Crippen LogP contribution in [0.15, 0.2) is 71.8 Å². The Morgan fingerprint density at radius 1 is 0.839 bits per heavy atom. The van der Waals surface area contributed by atoms with Gasteiger partial charge in [0, 0.05) is 5.69 Å². The molecule has 31 heavy (non-hydrogen) atoms. The van der Waals surface area contributed by atoms with Crippen molar-refractivity contribution in [1.29, 1.82) is 0 Å². The van der Waals surface area contributed by atoms with Gasteiger partial charge in [-0.15, -0.1) is 0 Å². The number of benzene rings is 3. The van der Waals surface area contributed by atoms with E-state index in [-0.39, 0.29) is 0 Å². The number of nitrogens with zero attached hydrogens (tertiary/aromatic N) is 1. The fourth-order valence-electron chi connectivity index (χ4n) is 2.95. The third-order valence-corrected chi connectivity index (χ3v) is 4.47. The number of hydrogen-bond donors (Lipinski definition) is 2. The van der Waals surface area contributed by atoms with E-state index in [1.54, 1.807) is 12.1 Å². The summed E-state index contributed by atoms with van der Waals surface area (Å²) in [5, 5.41) is 6.41. The molecular formula is C25H25N3O3. The minimum atomic E-state index is -0.839. The fraction of sp³-hybridized carbons (Fsp3) is 0.160. The maximum Gasteiger partial charge on any atom is 0.329 e. The molecule has 0 aliphatic carbocycles. The van der Waals surface area contributed by atoms with Gasteiger partial charge in [0.2, 0.25) is 0 Å². The lowest BCUT2D eigenvalue weighted by Gasteiger charge is -2.07. The predicted molar refractivity (Wildman–Crippen MR) is 122 cm³/mol. The first-order chi connectivity index (χ1) is 14.9. The third-order valence-electron chi connectivity index (χ3n) is 4.47. The largest absolute Gasteiger partial charge is 0.489 e. The Kier molecular flexibility index (Phi) is 7.17. The van der Waals surface area contributed by atoms with Gasteiger partial charge in [-0.3, -0.25) is 9.59 Å². The van der Waals surface area contributed by atoms with Crippen LogP contribution in [0.2, 0.25) is 0 Å². The number of carbonyl (C=O) groups excluding carboxylic acids is 2. The standard InChI is InChI=1S/C25H25N3O3/c1-17-4-6-21(7-5-17)16-31-23-10-8-20(9-11-23)15-26-28-25(30)24(29)27-22-13-18(2)12-19(3)14-22/h4-15H,16H2,1-3H3,(H,27,29)(H,28,30)/b26-15+. The van der Waals surface area contributed by atoms with Crippen LogP contribution < -0.4 is 15.5 Å². The van der Waals surface area contributed by atoms with Gasteiger partial charge >= 0.3 is 11.8 Å². The molecule has 0 aromatic heterocycles. The summed E-state index contributed by atoms with van der Waals surface area (Å²) in [6, 6.07) is 21.0. The van der Waals surface area contributed by atoms with Crippen molar-refractivity contribution in [3.05, 3.63) is 94.5 Å². The molecular weight excluding hydrogens is 390 g/mol. The summed E-state index contributed by atoms with van der Waals surface area (Å²) in [6.45, 7) is 6.38. The highest BCUT2D eigenvalue weighted by Crippen LogP contribution is 2.15. The van der Waals surface area contributed by atoms with Crippen LogP contribution in [0, 0.1) is 20.8 Å². The molecule has 3 rings (SSSR count). The number of aryl methyl sites for hydroxylation is 3. The minimum absolute atomic E-state index is 0.485. The zero-order valence-electron chi connectivity index (χ0n) is 17.8. The second kappa shape index (κ2) is 10.2. The third kappa shape index (κ3) is 6.82. The molecule has 2 N–H and O–H groups in total. The van der Waals surface area contributed by atoms with Crippen LogP contribution in [0.25, 0.3) is 0 Å². The molecule has 3 aromatic rings. The molecule has 0 radical (unpaired) electrons. The van der Waals surface area contributed by atoms with E-state index in [9.17, 15) is 9.59 Å². The molecule has 0 atom stereocenters. The van der Waals surface area contributed by atoms with E-state index in [2.05, 4.69) is 28.0 Å². The number of hydrazone groups is 1. The van der Waals surface area contributed by atoms with E-state index in [0.717, 1.165) is 28.0 Å². The zero-order chi connectivity index (χ0) is 22.2. The molecule has 2 amide bonds. The highest BCUT2D eigenvalue weighted by atomic mass is 16.5. The number of anilines is 1. The number of ether oxygens (including phenoxy) is 1. The maximum absolute atomic E-state index is 12.0. The zero-order valence-corrected chi connectivity index (χ0v) is 17.8. The van der Waals surface area contributed by atoms with Gasteiger partial charge in [-0.05, 0) is 79.4 Å². The van der Waals surface area contributed by atoms with Crippen LogP contribution in [0.3, 0.4) is 0 Å². The van der Waals surface area contributed by atoms with Crippen LogP contribution in [0.4, 0.5) is 5.69 Å². The van der Waals surface area contributed by atoms with Gasteiger partial charge in [0.05, 0.1) is 6.21 Å². The molecule has 158 valence electrons. The van der Waals surface area contributed by atoms with Crippen molar-refractivity contribution in [1.82, 2.24) is 5.43 Å². The van der Waals surface area contributed by atoms with Gasteiger partial charge in [-0.25, -0.2) is 5.43 Å². The second-order valence-corrected chi connectivity index (χ2v) is 7.37. The highest BCUT2D eigenvalue weighted by Gasteiger charge is 2.13. The number of rotatable bonds is 6. The van der Waals surface area contributed by atoms with Crippen LogP contribution >= 0.6 is 0 Å². The molecule has 3 aromatic carbocycles. The van der Waals surface area contributed by atoms with Crippen LogP contribution in [-0.4, -0.2) is 18.0 Å². The van der Waals surface area contributed by atoms with Crippen molar-refractivity contribution in [3.63, 3.8) is 0 Å². The Morgan fingerprint density at radius 3 is 2.13 bits per heavy atom. The Balaban J connectivity index is 1.47. The Hall–Kier alpha value is -3.93. The molecule has 0 spiro atoms. The first-order valence-corrected chi connectivity index (χ1v) is 9.90. The Bertz CT molecular complexity index is 1070. The van der Waals surface area contributed by atoms with Crippen LogP contribution in [-0.2, 0) is 16.2 Å². The van der Waals surface area contributed by atoms with Gasteiger partial charge in [-0.2, -0.15) is 5.10 Å². The van der Waals surface area contributed by atoms with Crippen molar-refractivity contribution >= 4 is 23.7 Å². The average molecular weight is 415 g/mol. The molecule has 0 fully saturated rings. The molecule has 0 aliphatic rings. The summed E-state index contributed by atoms with van der Waals surface area (Å²) >= 11 is 0. The molecule has 0 bridgehead atoms. The first kappa shape index (κ1) is 21.8. The van der Waals surface area contributed by atoms with Crippen molar-refractivity contribution < 1.29 is 14.3 Å². The summed E-state index contributed by atoms with van der Waals surface area (Å²) in [4.78, 5) is 24.0. The summed E-state index contributed by atoms with van der Waals surface area (Å²) in [5.74, 6) is -0.884. The topological polar surface area (TPSA) is 79.8 Å². The SMILES string of the molecule is Cc1ccc(COc2ccc(/C=N/NC(=O)C(=O)Nc3cc(C)cc(C)c3)cc2)cc1. The summed E-state index contributed by atoms with van der Waals surface area (Å²) in [6.07, 6.45) is 1.46. The Labute approximate surface area is 182 Å². The number of hydrogen-bond acceptors (Lipinski definition) is 4. The molecule has 0 unspecified atom stereocenters. The van der Waals surface area contributed by atoms with E-state index in [4.69, 9.17) is 4.74 Å². The maximum atomic E-state index is 12.0. The van der Waals surface area contributed by atoms with Gasteiger partial charge in [0.15, 0.2) is 0 Å². The number of carbonyl (C=O) groups is 2.